The number of nitrogen functional groups attached to an aromatic ring is 1. The third-order valence-electron chi connectivity index (χ3n) is 2.79. The van der Waals surface area contributed by atoms with E-state index >= 15 is 0 Å². The summed E-state index contributed by atoms with van der Waals surface area (Å²) >= 11 is 0. The van der Waals surface area contributed by atoms with E-state index in [9.17, 15) is 0 Å². The average molecular weight is 221 g/mol. The molecule has 0 unspecified atom stereocenters. The van der Waals surface area contributed by atoms with E-state index in [0.717, 1.165) is 37.6 Å². The van der Waals surface area contributed by atoms with Crippen LogP contribution in [0.2, 0.25) is 0 Å². The minimum Gasteiger partial charge on any atom is -0.399 e. The average Bonchev–Trinajstić information content (AvgIpc) is 2.32. The minimum atomic E-state index is 0.814. The molecule has 3 heteroatoms. The van der Waals surface area contributed by atoms with Crippen molar-refractivity contribution in [2.45, 2.75) is 20.3 Å². The summed E-state index contributed by atoms with van der Waals surface area (Å²) in [4.78, 5) is 2.44. The zero-order valence-corrected chi connectivity index (χ0v) is 10.4. The highest BCUT2D eigenvalue weighted by molar-refractivity contribution is 5.51. The largest absolute Gasteiger partial charge is 0.399 e. The summed E-state index contributed by atoms with van der Waals surface area (Å²) < 4.78 is 0. The highest BCUT2D eigenvalue weighted by atomic mass is 15.1. The van der Waals surface area contributed by atoms with Crippen LogP contribution in [0.15, 0.2) is 24.3 Å². The predicted octanol–water partition coefficient (Wildman–Crippen LogP) is 2.41. The van der Waals surface area contributed by atoms with Crippen LogP contribution < -0.4 is 11.1 Å². The summed E-state index contributed by atoms with van der Waals surface area (Å²) in [5.74, 6) is 0. The molecular weight excluding hydrogens is 198 g/mol. The molecule has 3 nitrogen and oxygen atoms in total. The van der Waals surface area contributed by atoms with E-state index < -0.39 is 0 Å². The minimum absolute atomic E-state index is 0.814. The second-order valence-corrected chi connectivity index (χ2v) is 3.93. The summed E-state index contributed by atoms with van der Waals surface area (Å²) in [6.45, 7) is 8.86. The van der Waals surface area contributed by atoms with Gasteiger partial charge < -0.3 is 16.0 Å². The summed E-state index contributed by atoms with van der Waals surface area (Å²) in [5, 5.41) is 3.39. The Hall–Kier alpha value is -1.22. The lowest BCUT2D eigenvalue weighted by molar-refractivity contribution is 0.303. The topological polar surface area (TPSA) is 41.3 Å². The smallest absolute Gasteiger partial charge is 0.0341 e. The van der Waals surface area contributed by atoms with E-state index in [1.807, 2.05) is 24.3 Å². The van der Waals surface area contributed by atoms with Gasteiger partial charge >= 0.3 is 0 Å². The third-order valence-corrected chi connectivity index (χ3v) is 2.79. The van der Waals surface area contributed by atoms with Crippen LogP contribution in [-0.4, -0.2) is 31.1 Å². The van der Waals surface area contributed by atoms with Crippen molar-refractivity contribution in [3.8, 4) is 0 Å². The van der Waals surface area contributed by atoms with Crippen LogP contribution in [-0.2, 0) is 0 Å². The van der Waals surface area contributed by atoms with Crippen molar-refractivity contribution in [1.82, 2.24) is 4.90 Å². The molecule has 0 atom stereocenters. The van der Waals surface area contributed by atoms with Crippen LogP contribution in [0.1, 0.15) is 20.3 Å². The molecule has 0 spiro atoms. The second kappa shape index (κ2) is 7.12. The highest BCUT2D eigenvalue weighted by Gasteiger charge is 1.97. The molecule has 0 aliphatic rings. The maximum Gasteiger partial charge on any atom is 0.0341 e. The Balaban J connectivity index is 2.18. The van der Waals surface area contributed by atoms with Gasteiger partial charge in [-0.05, 0) is 50.3 Å². The molecule has 0 aromatic heterocycles. The number of anilines is 2. The Morgan fingerprint density at radius 3 is 2.31 bits per heavy atom. The van der Waals surface area contributed by atoms with Gasteiger partial charge in [-0.25, -0.2) is 0 Å². The zero-order chi connectivity index (χ0) is 11.8. The van der Waals surface area contributed by atoms with Crippen molar-refractivity contribution in [3.63, 3.8) is 0 Å². The van der Waals surface area contributed by atoms with Gasteiger partial charge in [0.15, 0.2) is 0 Å². The van der Waals surface area contributed by atoms with E-state index in [0.29, 0.717) is 0 Å². The summed E-state index contributed by atoms with van der Waals surface area (Å²) in [7, 11) is 0. The fraction of sp³-hybridized carbons (Fsp3) is 0.538. The summed E-state index contributed by atoms with van der Waals surface area (Å²) in [5.41, 5.74) is 7.58. The van der Waals surface area contributed by atoms with Gasteiger partial charge in [0.1, 0.15) is 0 Å². The van der Waals surface area contributed by atoms with E-state index in [4.69, 9.17) is 5.73 Å². The number of hydrogen-bond donors (Lipinski definition) is 2. The number of benzene rings is 1. The Bertz CT molecular complexity index is 278. The van der Waals surface area contributed by atoms with E-state index in [1.54, 1.807) is 0 Å². The number of nitrogens with zero attached hydrogens (tertiary/aromatic N) is 1. The molecule has 0 aliphatic heterocycles. The first-order chi connectivity index (χ1) is 7.76. The van der Waals surface area contributed by atoms with Crippen molar-refractivity contribution >= 4 is 11.4 Å². The fourth-order valence-electron chi connectivity index (χ4n) is 1.68. The molecule has 0 fully saturated rings. The van der Waals surface area contributed by atoms with Crippen molar-refractivity contribution < 1.29 is 0 Å². The number of rotatable bonds is 7. The molecule has 0 bridgehead atoms. The summed E-state index contributed by atoms with van der Waals surface area (Å²) in [6.07, 6.45) is 1.17. The first-order valence-electron chi connectivity index (χ1n) is 6.08. The molecule has 1 aromatic rings. The van der Waals surface area contributed by atoms with Gasteiger partial charge in [0.25, 0.3) is 0 Å². The van der Waals surface area contributed by atoms with Crippen molar-refractivity contribution in [2.75, 3.05) is 37.2 Å². The van der Waals surface area contributed by atoms with Crippen molar-refractivity contribution in [3.05, 3.63) is 24.3 Å². The molecular formula is C13H23N3. The van der Waals surface area contributed by atoms with Gasteiger partial charge in [-0.2, -0.15) is 0 Å². The molecule has 0 radical (unpaired) electrons. The van der Waals surface area contributed by atoms with E-state index in [-0.39, 0.29) is 0 Å². The van der Waals surface area contributed by atoms with Gasteiger partial charge in [-0.3, -0.25) is 0 Å². The van der Waals surface area contributed by atoms with Crippen LogP contribution >= 0.6 is 0 Å². The van der Waals surface area contributed by atoms with Crippen LogP contribution in [0.5, 0.6) is 0 Å². The third kappa shape index (κ3) is 4.53. The highest BCUT2D eigenvalue weighted by Crippen LogP contribution is 2.10. The van der Waals surface area contributed by atoms with Crippen molar-refractivity contribution in [2.24, 2.45) is 0 Å². The van der Waals surface area contributed by atoms with E-state index in [2.05, 4.69) is 24.1 Å². The Kier molecular flexibility index (Phi) is 5.72. The molecule has 16 heavy (non-hydrogen) atoms. The van der Waals surface area contributed by atoms with Crippen LogP contribution in [0, 0.1) is 0 Å². The molecule has 1 rings (SSSR count). The Morgan fingerprint density at radius 1 is 1.12 bits per heavy atom. The standard InChI is InChI=1S/C13H23N3/c1-3-16(4-2)11-5-10-15-13-8-6-12(14)7-9-13/h6-9,15H,3-5,10-11,14H2,1-2H3. The number of nitrogens with two attached hydrogens (primary N) is 1. The summed E-state index contributed by atoms with van der Waals surface area (Å²) in [6, 6.07) is 7.89. The van der Waals surface area contributed by atoms with Gasteiger partial charge in [0.05, 0.1) is 0 Å². The maximum absolute atomic E-state index is 5.62. The van der Waals surface area contributed by atoms with Crippen LogP contribution in [0.4, 0.5) is 11.4 Å². The van der Waals surface area contributed by atoms with Gasteiger partial charge in [-0.1, -0.05) is 13.8 Å². The van der Waals surface area contributed by atoms with Crippen LogP contribution in [0.3, 0.4) is 0 Å². The Morgan fingerprint density at radius 2 is 1.75 bits per heavy atom. The molecule has 3 N–H and O–H groups in total. The molecule has 0 heterocycles. The van der Waals surface area contributed by atoms with E-state index in [1.165, 1.54) is 6.42 Å². The first kappa shape index (κ1) is 12.8. The first-order valence-corrected chi connectivity index (χ1v) is 6.08. The molecule has 1 aromatic carbocycles. The zero-order valence-electron chi connectivity index (χ0n) is 10.4. The van der Waals surface area contributed by atoms with Gasteiger partial charge in [-0.15, -0.1) is 0 Å². The quantitative estimate of drug-likeness (QED) is 0.549. The Labute approximate surface area is 98.6 Å². The lowest BCUT2D eigenvalue weighted by atomic mass is 10.3. The SMILES string of the molecule is CCN(CC)CCCNc1ccc(N)cc1. The monoisotopic (exact) mass is 221 g/mol. The lowest BCUT2D eigenvalue weighted by Gasteiger charge is -2.17. The maximum atomic E-state index is 5.62. The molecule has 0 aliphatic carbocycles. The molecule has 0 amide bonds. The molecule has 90 valence electrons. The number of hydrogen-bond acceptors (Lipinski definition) is 3. The fourth-order valence-corrected chi connectivity index (χ4v) is 1.68. The second-order valence-electron chi connectivity index (χ2n) is 3.93. The van der Waals surface area contributed by atoms with Gasteiger partial charge in [0, 0.05) is 17.9 Å². The molecule has 0 saturated heterocycles. The molecule has 0 saturated carbocycles. The van der Waals surface area contributed by atoms with Crippen molar-refractivity contribution in [1.29, 1.82) is 0 Å². The van der Waals surface area contributed by atoms with Gasteiger partial charge in [0.2, 0.25) is 0 Å². The van der Waals surface area contributed by atoms with Crippen LogP contribution in [0.25, 0.3) is 0 Å². The number of nitrogens with one attached hydrogen (secondary N) is 1. The normalized spacial score (nSPS) is 10.7. The predicted molar refractivity (Wildman–Crippen MR) is 71.7 cm³/mol. The lowest BCUT2D eigenvalue weighted by Crippen LogP contribution is -2.25.